The first kappa shape index (κ1) is 16.5. The molecule has 126 valence electrons. The number of aromatic nitrogens is 2. The van der Waals surface area contributed by atoms with Gasteiger partial charge in [-0.05, 0) is 11.1 Å². The van der Waals surface area contributed by atoms with Gasteiger partial charge in [-0.1, -0.05) is 72.4 Å². The van der Waals surface area contributed by atoms with Gasteiger partial charge in [0.15, 0.2) is 22.5 Å². The lowest BCUT2D eigenvalue weighted by Gasteiger charge is -2.15. The molecule has 4 rings (SSSR count). The van der Waals surface area contributed by atoms with Gasteiger partial charge in [-0.25, -0.2) is 9.97 Å². The molecule has 0 amide bonds. The molecule has 0 radical (unpaired) electrons. The molecule has 0 saturated heterocycles. The Morgan fingerprint density at radius 2 is 1.60 bits per heavy atom. The number of nitrogen functional groups attached to an aromatic ring is 1. The van der Waals surface area contributed by atoms with Gasteiger partial charge in [0.2, 0.25) is 0 Å². The van der Waals surface area contributed by atoms with Crippen LogP contribution in [0.15, 0.2) is 69.0 Å². The molecule has 2 N–H and O–H groups in total. The normalized spacial score (nSPS) is 12.7. The first-order chi connectivity index (χ1) is 12.3. The zero-order chi connectivity index (χ0) is 17.1. The molecule has 1 aliphatic heterocycles. The summed E-state index contributed by atoms with van der Waals surface area (Å²) in [5, 5.41) is 0.708. The highest BCUT2D eigenvalue weighted by molar-refractivity contribution is 14.2. The smallest absolute Gasteiger partial charge is 0.191 e. The second-order valence-electron chi connectivity index (χ2n) is 5.50. The number of hydrogen-bond acceptors (Lipinski definition) is 6. The molecule has 25 heavy (non-hydrogen) atoms. The molecular weight excluding hydrogens is 445 g/mol. The summed E-state index contributed by atoms with van der Waals surface area (Å²) in [6.07, 6.45) is 0. The fourth-order valence-electron chi connectivity index (χ4n) is 2.44. The molecule has 0 fully saturated rings. The Hall–Kier alpha value is -2.00. The number of hydrogen-bond donors (Lipinski definition) is 1. The molecule has 3 aromatic rings. The lowest BCUT2D eigenvalue weighted by Crippen LogP contribution is -2.11. The Labute approximate surface area is 161 Å². The molecule has 0 bridgehead atoms. The van der Waals surface area contributed by atoms with Crippen molar-refractivity contribution in [1.29, 1.82) is 0 Å². The Kier molecular flexibility index (Phi) is 4.93. The molecule has 7 heteroatoms. The third-order valence-electron chi connectivity index (χ3n) is 3.69. The van der Waals surface area contributed by atoms with Gasteiger partial charge in [0, 0.05) is 5.75 Å². The zero-order valence-electron chi connectivity index (χ0n) is 13.3. The van der Waals surface area contributed by atoms with Crippen molar-refractivity contribution in [2.24, 2.45) is 3.15 Å². The molecule has 0 atom stereocenters. The number of anilines is 2. The Bertz CT molecular complexity index is 902. The van der Waals surface area contributed by atoms with Crippen molar-refractivity contribution in [3.05, 3.63) is 71.8 Å². The van der Waals surface area contributed by atoms with Gasteiger partial charge in [0.1, 0.15) is 21.3 Å². The van der Waals surface area contributed by atoms with Crippen molar-refractivity contribution in [1.82, 2.24) is 9.97 Å². The van der Waals surface area contributed by atoms with Crippen LogP contribution in [0.2, 0.25) is 0 Å². The van der Waals surface area contributed by atoms with Crippen LogP contribution in [0.1, 0.15) is 11.1 Å². The van der Waals surface area contributed by atoms with Gasteiger partial charge < -0.3 is 5.73 Å². The van der Waals surface area contributed by atoms with Crippen LogP contribution in [0.4, 0.5) is 17.3 Å². The van der Waals surface area contributed by atoms with Crippen LogP contribution in [0.25, 0.3) is 0 Å². The molecular formula is C18H16IN5S. The third kappa shape index (κ3) is 3.82. The maximum Gasteiger partial charge on any atom is 0.191 e. The van der Waals surface area contributed by atoms with Crippen molar-refractivity contribution in [2.75, 3.05) is 8.85 Å². The van der Waals surface area contributed by atoms with Crippen LogP contribution in [0, 0.1) is 0 Å². The fourth-order valence-corrected chi connectivity index (χ4v) is 5.27. The van der Waals surface area contributed by atoms with Crippen LogP contribution >= 0.6 is 33.1 Å². The maximum absolute atomic E-state index is 6.13. The molecule has 2 heterocycles. The molecule has 0 saturated carbocycles. The number of rotatable bonds is 5. The standard InChI is InChI=1S/C18H16IN5S/c20-16-15-17(24(19-23-15)11-13-7-3-1-4-8-13)22-18(21-16)25-12-14-9-5-2-6-10-14/h1-10H,11-12H2,(H2,20,21,22). The van der Waals surface area contributed by atoms with Crippen LogP contribution in [-0.4, -0.2) is 9.97 Å². The van der Waals surface area contributed by atoms with E-state index in [2.05, 4.69) is 47.6 Å². The van der Waals surface area contributed by atoms with Crippen molar-refractivity contribution >= 4 is 50.4 Å². The summed E-state index contributed by atoms with van der Waals surface area (Å²) in [7, 11) is 0. The predicted octanol–water partition coefficient (Wildman–Crippen LogP) is 5.07. The number of benzene rings is 2. The molecule has 2 aromatic carbocycles. The van der Waals surface area contributed by atoms with E-state index >= 15 is 0 Å². The van der Waals surface area contributed by atoms with E-state index in [1.165, 1.54) is 11.1 Å². The largest absolute Gasteiger partial charge is 0.382 e. The van der Waals surface area contributed by atoms with Crippen molar-refractivity contribution in [3.8, 4) is 0 Å². The molecule has 0 aliphatic carbocycles. The van der Waals surface area contributed by atoms with E-state index in [0.717, 1.165) is 23.8 Å². The van der Waals surface area contributed by atoms with E-state index in [4.69, 9.17) is 10.7 Å². The van der Waals surface area contributed by atoms with Crippen LogP contribution in [0.3, 0.4) is 0 Å². The average molecular weight is 461 g/mol. The molecule has 0 spiro atoms. The van der Waals surface area contributed by atoms with E-state index in [1.807, 2.05) is 24.3 Å². The summed E-state index contributed by atoms with van der Waals surface area (Å²) in [6, 6.07) is 20.7. The van der Waals surface area contributed by atoms with Gasteiger partial charge in [-0.2, -0.15) is 3.15 Å². The van der Waals surface area contributed by atoms with Gasteiger partial charge in [0.25, 0.3) is 0 Å². The first-order valence-electron chi connectivity index (χ1n) is 7.81. The van der Waals surface area contributed by atoms with Gasteiger partial charge in [0.05, 0.1) is 6.54 Å². The SMILES string of the molecule is Nc1nc(SCc2ccccc2)nc2c1N=IN2Cc1ccccc1. The number of halogens is 1. The Morgan fingerprint density at radius 1 is 0.920 bits per heavy atom. The summed E-state index contributed by atoms with van der Waals surface area (Å²) >= 11 is 1.11. The van der Waals surface area contributed by atoms with Gasteiger partial charge in [-0.3, -0.25) is 3.11 Å². The van der Waals surface area contributed by atoms with E-state index < -0.39 is 21.3 Å². The van der Waals surface area contributed by atoms with E-state index in [9.17, 15) is 0 Å². The average Bonchev–Trinajstić information content (AvgIpc) is 3.05. The topological polar surface area (TPSA) is 67.4 Å². The van der Waals surface area contributed by atoms with Crippen LogP contribution in [0.5, 0.6) is 0 Å². The van der Waals surface area contributed by atoms with E-state index in [1.54, 1.807) is 11.8 Å². The van der Waals surface area contributed by atoms with E-state index in [-0.39, 0.29) is 0 Å². The highest BCUT2D eigenvalue weighted by atomic mass is 127. The van der Waals surface area contributed by atoms with Crippen molar-refractivity contribution in [2.45, 2.75) is 17.5 Å². The quantitative estimate of drug-likeness (QED) is 0.249. The minimum atomic E-state index is -0.497. The lowest BCUT2D eigenvalue weighted by molar-refractivity contribution is 0.944. The Morgan fingerprint density at radius 3 is 2.32 bits per heavy atom. The fraction of sp³-hybridized carbons (Fsp3) is 0.111. The highest BCUT2D eigenvalue weighted by Gasteiger charge is 2.23. The minimum Gasteiger partial charge on any atom is -0.382 e. The predicted molar refractivity (Wildman–Crippen MR) is 111 cm³/mol. The Balaban J connectivity index is 1.54. The maximum atomic E-state index is 6.13. The van der Waals surface area contributed by atoms with Crippen molar-refractivity contribution < 1.29 is 0 Å². The number of thioether (sulfide) groups is 1. The second kappa shape index (κ2) is 7.49. The van der Waals surface area contributed by atoms with Gasteiger partial charge >= 0.3 is 0 Å². The van der Waals surface area contributed by atoms with Crippen molar-refractivity contribution in [3.63, 3.8) is 0 Å². The number of fused-ring (bicyclic) bond motifs is 1. The van der Waals surface area contributed by atoms with Crippen LogP contribution < -0.4 is 8.85 Å². The highest BCUT2D eigenvalue weighted by Crippen LogP contribution is 2.45. The first-order valence-corrected chi connectivity index (χ1v) is 10.7. The van der Waals surface area contributed by atoms with Crippen LogP contribution in [-0.2, 0) is 12.3 Å². The number of nitrogens with zero attached hydrogens (tertiary/aromatic N) is 4. The van der Waals surface area contributed by atoms with E-state index in [0.29, 0.717) is 11.0 Å². The lowest BCUT2D eigenvalue weighted by atomic mass is 10.2. The monoisotopic (exact) mass is 461 g/mol. The summed E-state index contributed by atoms with van der Waals surface area (Å²) < 4.78 is 6.86. The molecule has 0 unspecified atom stereocenters. The zero-order valence-corrected chi connectivity index (χ0v) is 16.3. The molecule has 5 nitrogen and oxygen atoms in total. The summed E-state index contributed by atoms with van der Waals surface area (Å²) in [4.78, 5) is 9.17. The third-order valence-corrected chi connectivity index (χ3v) is 6.63. The second-order valence-corrected chi connectivity index (χ2v) is 8.53. The summed E-state index contributed by atoms with van der Waals surface area (Å²) in [5.41, 5.74) is 9.38. The summed E-state index contributed by atoms with van der Waals surface area (Å²) in [5.74, 6) is 2.18. The number of nitrogens with two attached hydrogens (primary N) is 1. The summed E-state index contributed by atoms with van der Waals surface area (Å²) in [6.45, 7) is 0.809. The minimum absolute atomic E-state index is 0.482. The molecule has 1 aliphatic rings. The molecule has 1 aromatic heterocycles. The van der Waals surface area contributed by atoms with Gasteiger partial charge in [-0.15, -0.1) is 0 Å².